The molecule has 0 unspecified atom stereocenters. The summed E-state index contributed by atoms with van der Waals surface area (Å²) in [4.78, 5) is 8.12. The van der Waals surface area contributed by atoms with E-state index in [4.69, 9.17) is 11.6 Å². The summed E-state index contributed by atoms with van der Waals surface area (Å²) in [6, 6.07) is 12.5. The lowest BCUT2D eigenvalue weighted by molar-refractivity contribution is 0.918. The van der Waals surface area contributed by atoms with Crippen LogP contribution in [-0.2, 0) is 12.4 Å². The molecule has 20 heavy (non-hydrogen) atoms. The Labute approximate surface area is 127 Å². The molecule has 0 aliphatic heterocycles. The number of aromatic nitrogens is 1. The van der Waals surface area contributed by atoms with Gasteiger partial charge >= 0.3 is 0 Å². The van der Waals surface area contributed by atoms with Crippen molar-refractivity contribution in [2.75, 3.05) is 11.9 Å². The van der Waals surface area contributed by atoms with Gasteiger partial charge in [-0.2, -0.15) is 0 Å². The van der Waals surface area contributed by atoms with Gasteiger partial charge in [-0.1, -0.05) is 30.3 Å². The highest BCUT2D eigenvalue weighted by Gasteiger charge is 2.11. The summed E-state index contributed by atoms with van der Waals surface area (Å²) in [5, 5.41) is 4.45. The third-order valence-corrected chi connectivity index (χ3v) is 4.48. The molecule has 0 atom stereocenters. The van der Waals surface area contributed by atoms with Crippen molar-refractivity contribution in [1.29, 1.82) is 0 Å². The lowest BCUT2D eigenvalue weighted by Gasteiger charge is -2.20. The number of anilines is 1. The van der Waals surface area contributed by atoms with Gasteiger partial charge in [-0.05, 0) is 22.4 Å². The highest BCUT2D eigenvalue weighted by Crippen LogP contribution is 2.28. The molecule has 0 spiro atoms. The highest BCUT2D eigenvalue weighted by atomic mass is 35.5. The van der Waals surface area contributed by atoms with Crippen LogP contribution in [0.15, 0.2) is 48.0 Å². The van der Waals surface area contributed by atoms with Crippen molar-refractivity contribution in [3.63, 3.8) is 0 Å². The van der Waals surface area contributed by atoms with E-state index >= 15 is 0 Å². The van der Waals surface area contributed by atoms with E-state index in [0.717, 1.165) is 23.3 Å². The number of pyridine rings is 1. The first-order chi connectivity index (χ1) is 9.79. The zero-order chi connectivity index (χ0) is 13.9. The Morgan fingerprint density at radius 2 is 1.95 bits per heavy atom. The molecule has 0 saturated heterocycles. The Morgan fingerprint density at radius 1 is 1.15 bits per heavy atom. The molecule has 2 nitrogen and oxygen atoms in total. The normalized spacial score (nSPS) is 10.9. The number of thiophene rings is 1. The zero-order valence-electron chi connectivity index (χ0n) is 11.2. The summed E-state index contributed by atoms with van der Waals surface area (Å²) in [5.74, 6) is 1.49. The fourth-order valence-electron chi connectivity index (χ4n) is 2.36. The Bertz CT molecular complexity index is 710. The molecule has 0 saturated carbocycles. The molecule has 2 aromatic heterocycles. The molecule has 1 aromatic carbocycles. The van der Waals surface area contributed by atoms with E-state index in [1.165, 1.54) is 10.3 Å². The topological polar surface area (TPSA) is 16.1 Å². The molecule has 102 valence electrons. The predicted octanol–water partition coefficient (Wildman–Crippen LogP) is 4.67. The van der Waals surface area contributed by atoms with Crippen LogP contribution in [0.4, 0.5) is 5.82 Å². The Morgan fingerprint density at radius 3 is 2.65 bits per heavy atom. The van der Waals surface area contributed by atoms with Crippen LogP contribution in [0.5, 0.6) is 0 Å². The second-order valence-corrected chi connectivity index (χ2v) is 6.02. The number of rotatable bonds is 4. The molecule has 0 bridgehead atoms. The third kappa shape index (κ3) is 2.51. The van der Waals surface area contributed by atoms with E-state index < -0.39 is 0 Å². The second-order valence-electron chi connectivity index (χ2n) is 4.72. The van der Waals surface area contributed by atoms with Gasteiger partial charge in [-0.15, -0.1) is 22.9 Å². The van der Waals surface area contributed by atoms with Gasteiger partial charge in [-0.3, -0.25) is 0 Å². The summed E-state index contributed by atoms with van der Waals surface area (Å²) in [6.07, 6.45) is 1.88. The van der Waals surface area contributed by atoms with Gasteiger partial charge in [0, 0.05) is 29.4 Å². The summed E-state index contributed by atoms with van der Waals surface area (Å²) >= 11 is 7.77. The average Bonchev–Trinajstić information content (AvgIpc) is 2.99. The molecule has 0 fully saturated rings. The van der Waals surface area contributed by atoms with Gasteiger partial charge < -0.3 is 4.90 Å². The van der Waals surface area contributed by atoms with Gasteiger partial charge in [0.15, 0.2) is 0 Å². The fraction of sp³-hybridized carbons (Fsp3) is 0.188. The maximum absolute atomic E-state index is 6.00. The van der Waals surface area contributed by atoms with Crippen LogP contribution in [0.25, 0.3) is 10.8 Å². The second kappa shape index (κ2) is 5.81. The first-order valence-electron chi connectivity index (χ1n) is 6.45. The van der Waals surface area contributed by atoms with Crippen LogP contribution in [0.1, 0.15) is 10.4 Å². The molecule has 0 aliphatic rings. The van der Waals surface area contributed by atoms with E-state index in [-0.39, 0.29) is 0 Å². The summed E-state index contributed by atoms with van der Waals surface area (Å²) in [5.41, 5.74) is 1.08. The van der Waals surface area contributed by atoms with E-state index in [1.54, 1.807) is 11.3 Å². The number of benzene rings is 1. The molecule has 0 amide bonds. The Hall–Kier alpha value is -1.58. The van der Waals surface area contributed by atoms with Crippen LogP contribution >= 0.6 is 22.9 Å². The van der Waals surface area contributed by atoms with Gasteiger partial charge in [0.05, 0.1) is 6.54 Å². The van der Waals surface area contributed by atoms with Crippen LogP contribution in [0, 0.1) is 0 Å². The summed E-state index contributed by atoms with van der Waals surface area (Å²) in [6.45, 7) is 0.870. The average molecular weight is 303 g/mol. The first-order valence-corrected chi connectivity index (χ1v) is 7.87. The molecular formula is C16H15ClN2S. The number of hydrogen-bond acceptors (Lipinski definition) is 3. The van der Waals surface area contributed by atoms with Crippen LogP contribution in [0.2, 0.25) is 0 Å². The fourth-order valence-corrected chi connectivity index (χ4v) is 3.33. The smallest absolute Gasteiger partial charge is 0.136 e. The van der Waals surface area contributed by atoms with Gasteiger partial charge in [0.1, 0.15) is 5.82 Å². The van der Waals surface area contributed by atoms with Crippen molar-refractivity contribution >= 4 is 39.5 Å². The van der Waals surface area contributed by atoms with Gasteiger partial charge in [0.2, 0.25) is 0 Å². The molecule has 4 heteroatoms. The first kappa shape index (κ1) is 13.4. The molecule has 3 rings (SSSR count). The standard InChI is InChI=1S/C16H15ClN2S/c1-19(11-13-5-4-8-20-13)16-15-7-3-2-6-14(15)12(9-17)10-18-16/h2-8,10H,9,11H2,1H3. The molecule has 0 N–H and O–H groups in total. The number of hydrogen-bond donors (Lipinski definition) is 0. The Balaban J connectivity index is 2.03. The quantitative estimate of drug-likeness (QED) is 0.651. The molecular weight excluding hydrogens is 288 g/mol. The van der Waals surface area contributed by atoms with E-state index in [9.17, 15) is 0 Å². The maximum Gasteiger partial charge on any atom is 0.136 e. The Kier molecular flexibility index (Phi) is 3.90. The van der Waals surface area contributed by atoms with E-state index in [0.29, 0.717) is 5.88 Å². The van der Waals surface area contributed by atoms with Gasteiger partial charge in [0.25, 0.3) is 0 Å². The third-order valence-electron chi connectivity index (χ3n) is 3.34. The van der Waals surface area contributed by atoms with E-state index in [1.807, 2.05) is 18.3 Å². The van der Waals surface area contributed by atoms with Crippen molar-refractivity contribution in [1.82, 2.24) is 4.98 Å². The van der Waals surface area contributed by atoms with Crippen molar-refractivity contribution < 1.29 is 0 Å². The molecule has 0 aliphatic carbocycles. The SMILES string of the molecule is CN(Cc1cccs1)c1ncc(CCl)c2ccccc12. The van der Waals surface area contributed by atoms with Crippen molar-refractivity contribution in [2.45, 2.75) is 12.4 Å². The van der Waals surface area contributed by atoms with Crippen LogP contribution in [-0.4, -0.2) is 12.0 Å². The molecule has 2 heterocycles. The van der Waals surface area contributed by atoms with Crippen molar-refractivity contribution in [2.24, 2.45) is 0 Å². The number of halogens is 1. The maximum atomic E-state index is 6.00. The largest absolute Gasteiger partial charge is 0.354 e. The van der Waals surface area contributed by atoms with Crippen LogP contribution < -0.4 is 4.90 Å². The summed E-state index contributed by atoms with van der Waals surface area (Å²) < 4.78 is 0. The summed E-state index contributed by atoms with van der Waals surface area (Å²) in [7, 11) is 2.08. The minimum absolute atomic E-state index is 0.489. The minimum atomic E-state index is 0.489. The zero-order valence-corrected chi connectivity index (χ0v) is 12.8. The lowest BCUT2D eigenvalue weighted by atomic mass is 10.1. The predicted molar refractivity (Wildman–Crippen MR) is 87.7 cm³/mol. The monoisotopic (exact) mass is 302 g/mol. The van der Waals surface area contributed by atoms with Crippen molar-refractivity contribution in [3.05, 3.63) is 58.4 Å². The number of fused-ring (bicyclic) bond motifs is 1. The molecule has 3 aromatic rings. The highest BCUT2D eigenvalue weighted by molar-refractivity contribution is 7.09. The van der Waals surface area contributed by atoms with E-state index in [2.05, 4.69) is 46.6 Å². The number of nitrogens with zero attached hydrogens (tertiary/aromatic N) is 2. The van der Waals surface area contributed by atoms with Crippen LogP contribution in [0.3, 0.4) is 0 Å². The van der Waals surface area contributed by atoms with Crippen molar-refractivity contribution in [3.8, 4) is 0 Å². The molecule has 0 radical (unpaired) electrons. The minimum Gasteiger partial charge on any atom is -0.354 e. The lowest BCUT2D eigenvalue weighted by Crippen LogP contribution is -2.17. The number of alkyl halides is 1. The van der Waals surface area contributed by atoms with Gasteiger partial charge in [-0.25, -0.2) is 4.98 Å².